The smallest absolute Gasteiger partial charge is 0.545 e. The second-order valence-electron chi connectivity index (χ2n) is 4.61. The number of hydrogen-bond donors (Lipinski definition) is 2. The van der Waals surface area contributed by atoms with Crippen molar-refractivity contribution < 1.29 is 53.0 Å². The summed E-state index contributed by atoms with van der Waals surface area (Å²) in [6.45, 7) is 1.43. The molecule has 0 aliphatic rings. The number of pyridine rings is 1. The molecule has 0 radical (unpaired) electrons. The number of benzene rings is 1. The van der Waals surface area contributed by atoms with Crippen LogP contribution in [-0.2, 0) is 0 Å². The molecule has 1 aromatic heterocycles. The molecule has 25 heavy (non-hydrogen) atoms. The molecule has 2 rings (SSSR count). The van der Waals surface area contributed by atoms with E-state index in [9.17, 15) is 23.5 Å². The fraction of sp³-hybridized carbons (Fsp3) is 0.0667. The molecule has 0 aliphatic heterocycles. The van der Waals surface area contributed by atoms with Crippen LogP contribution in [0.15, 0.2) is 41.6 Å². The first-order valence-electron chi connectivity index (χ1n) is 6.61. The molecule has 0 atom stereocenters. The van der Waals surface area contributed by atoms with E-state index in [0.29, 0.717) is 6.07 Å². The van der Waals surface area contributed by atoms with Gasteiger partial charge in [-0.05, 0) is 31.2 Å². The Balaban J connectivity index is 0.00000312. The molecular formula is C15H11F2N4NaO3. The zero-order chi connectivity index (χ0) is 17.7. The molecule has 124 valence electrons. The number of carboxylic acids is 1. The van der Waals surface area contributed by atoms with E-state index in [1.807, 2.05) is 0 Å². The largest absolute Gasteiger partial charge is 1.00 e. The number of hydrogen-bond acceptors (Lipinski definition) is 5. The summed E-state index contributed by atoms with van der Waals surface area (Å²) in [6, 6.07) is 4.34. The van der Waals surface area contributed by atoms with E-state index < -0.39 is 23.6 Å². The van der Waals surface area contributed by atoms with Crippen molar-refractivity contribution in [2.75, 3.05) is 5.32 Å². The summed E-state index contributed by atoms with van der Waals surface area (Å²) in [5.41, 5.74) is 1.91. The van der Waals surface area contributed by atoms with E-state index in [0.717, 1.165) is 12.1 Å². The van der Waals surface area contributed by atoms with Crippen molar-refractivity contribution >= 4 is 23.4 Å². The van der Waals surface area contributed by atoms with Gasteiger partial charge in [0.1, 0.15) is 11.6 Å². The third-order valence-corrected chi connectivity index (χ3v) is 2.82. The Kier molecular flexibility index (Phi) is 7.62. The summed E-state index contributed by atoms with van der Waals surface area (Å²) in [5, 5.41) is 16.9. The van der Waals surface area contributed by atoms with Crippen LogP contribution in [-0.4, -0.2) is 22.7 Å². The normalized spacial score (nSPS) is 10.6. The molecule has 1 aromatic carbocycles. The van der Waals surface area contributed by atoms with Crippen LogP contribution in [0.3, 0.4) is 0 Å². The van der Waals surface area contributed by atoms with Gasteiger partial charge in [0.05, 0.1) is 17.4 Å². The molecule has 10 heteroatoms. The third-order valence-electron chi connectivity index (χ3n) is 2.82. The van der Waals surface area contributed by atoms with Gasteiger partial charge in [0.25, 0.3) is 0 Å². The first kappa shape index (κ1) is 20.7. The fourth-order valence-electron chi connectivity index (χ4n) is 1.83. The number of carbonyl (C=O) groups is 2. The number of aromatic carboxylic acids is 1. The SMILES string of the molecule is CC(=NNC(=O)Nc1cc(F)cc(F)c1)c1ncccc1C(=O)[O-].[Na+]. The molecule has 2 aromatic rings. The first-order chi connectivity index (χ1) is 11.4. The standard InChI is InChI=1S/C15H12F2N4O3.Na/c1-8(13-12(14(22)23)3-2-4-18-13)20-21-15(24)19-11-6-9(16)5-10(17)7-11;/h2-7H,1H3,(H,22,23)(H2,19,21,24);/q;+1/p-1. The molecule has 0 saturated carbocycles. The Labute approximate surface area is 163 Å². The Hall–Kier alpha value is -2.36. The van der Waals surface area contributed by atoms with Gasteiger partial charge in [0.2, 0.25) is 0 Å². The van der Waals surface area contributed by atoms with E-state index in [1.54, 1.807) is 0 Å². The molecule has 0 unspecified atom stereocenters. The summed E-state index contributed by atoms with van der Waals surface area (Å²) < 4.78 is 26.0. The van der Waals surface area contributed by atoms with Gasteiger partial charge in [-0.15, -0.1) is 0 Å². The summed E-state index contributed by atoms with van der Waals surface area (Å²) in [7, 11) is 0. The van der Waals surface area contributed by atoms with Crippen LogP contribution in [0.1, 0.15) is 23.0 Å². The van der Waals surface area contributed by atoms with Gasteiger partial charge in [-0.2, -0.15) is 5.10 Å². The zero-order valence-corrected chi connectivity index (χ0v) is 15.3. The van der Waals surface area contributed by atoms with Gasteiger partial charge in [-0.3, -0.25) is 4.98 Å². The van der Waals surface area contributed by atoms with Crippen molar-refractivity contribution in [1.82, 2.24) is 10.4 Å². The van der Waals surface area contributed by atoms with Gasteiger partial charge >= 0.3 is 35.6 Å². The number of anilines is 1. The quantitative estimate of drug-likeness (QED) is 0.386. The van der Waals surface area contributed by atoms with E-state index in [2.05, 4.69) is 20.8 Å². The third kappa shape index (κ3) is 5.89. The van der Waals surface area contributed by atoms with E-state index in [-0.39, 0.29) is 52.2 Å². The predicted octanol–water partition coefficient (Wildman–Crippen LogP) is -1.73. The van der Waals surface area contributed by atoms with Crippen molar-refractivity contribution in [3.05, 3.63) is 59.4 Å². The Bertz CT molecular complexity index is 810. The van der Waals surface area contributed by atoms with Crippen LogP contribution in [0.25, 0.3) is 0 Å². The van der Waals surface area contributed by atoms with Crippen molar-refractivity contribution in [2.45, 2.75) is 6.92 Å². The molecule has 0 fully saturated rings. The minimum Gasteiger partial charge on any atom is -0.545 e. The molecule has 0 spiro atoms. The average molecular weight is 356 g/mol. The van der Waals surface area contributed by atoms with Gasteiger partial charge in [-0.1, -0.05) is 0 Å². The average Bonchev–Trinajstić information content (AvgIpc) is 2.51. The maximum Gasteiger partial charge on any atom is 1.00 e. The molecule has 1 heterocycles. The van der Waals surface area contributed by atoms with Crippen molar-refractivity contribution in [3.63, 3.8) is 0 Å². The Morgan fingerprint density at radius 3 is 2.44 bits per heavy atom. The van der Waals surface area contributed by atoms with Crippen LogP contribution in [0.5, 0.6) is 0 Å². The summed E-state index contributed by atoms with van der Waals surface area (Å²) in [6.07, 6.45) is 1.36. The predicted molar refractivity (Wildman–Crippen MR) is 79.3 cm³/mol. The second-order valence-corrected chi connectivity index (χ2v) is 4.61. The number of urea groups is 1. The topological polar surface area (TPSA) is 107 Å². The van der Waals surface area contributed by atoms with E-state index >= 15 is 0 Å². The minimum atomic E-state index is -1.44. The second kappa shape index (κ2) is 9.21. The maximum absolute atomic E-state index is 13.0. The minimum absolute atomic E-state index is 0. The monoisotopic (exact) mass is 356 g/mol. The molecule has 7 nitrogen and oxygen atoms in total. The van der Waals surface area contributed by atoms with Gasteiger partial charge in [0.15, 0.2) is 0 Å². The zero-order valence-electron chi connectivity index (χ0n) is 13.3. The van der Waals surface area contributed by atoms with Gasteiger partial charge in [0, 0.05) is 23.5 Å². The van der Waals surface area contributed by atoms with Crippen molar-refractivity contribution in [1.29, 1.82) is 0 Å². The number of rotatable bonds is 4. The molecule has 0 bridgehead atoms. The molecule has 2 amide bonds. The molecule has 2 N–H and O–H groups in total. The van der Waals surface area contributed by atoms with Gasteiger partial charge in [-0.25, -0.2) is 19.0 Å². The van der Waals surface area contributed by atoms with Crippen LogP contribution >= 0.6 is 0 Å². The summed E-state index contributed by atoms with van der Waals surface area (Å²) >= 11 is 0. The molecule has 0 saturated heterocycles. The Morgan fingerprint density at radius 2 is 1.84 bits per heavy atom. The van der Waals surface area contributed by atoms with Crippen LogP contribution in [0, 0.1) is 11.6 Å². The maximum atomic E-state index is 13.0. The van der Waals surface area contributed by atoms with Crippen molar-refractivity contribution in [2.24, 2.45) is 5.10 Å². The molecular weight excluding hydrogens is 345 g/mol. The number of hydrazone groups is 1. The van der Waals surface area contributed by atoms with E-state index in [4.69, 9.17) is 0 Å². The van der Waals surface area contributed by atoms with Crippen LogP contribution in [0.2, 0.25) is 0 Å². The number of halogens is 2. The number of amides is 2. The molecule has 0 aliphatic carbocycles. The van der Waals surface area contributed by atoms with E-state index in [1.165, 1.54) is 25.3 Å². The Morgan fingerprint density at radius 1 is 1.20 bits per heavy atom. The first-order valence-corrected chi connectivity index (χ1v) is 6.61. The number of nitrogens with one attached hydrogen (secondary N) is 2. The number of nitrogens with zero attached hydrogens (tertiary/aromatic N) is 2. The van der Waals surface area contributed by atoms with Crippen LogP contribution < -0.4 is 45.4 Å². The number of carboxylic acid groups (broad SMARTS) is 1. The van der Waals surface area contributed by atoms with Crippen LogP contribution in [0.4, 0.5) is 19.3 Å². The summed E-state index contributed by atoms with van der Waals surface area (Å²) in [5.74, 6) is -3.14. The fourth-order valence-corrected chi connectivity index (χ4v) is 1.83. The number of carbonyl (C=O) groups excluding carboxylic acids is 2. The summed E-state index contributed by atoms with van der Waals surface area (Å²) in [4.78, 5) is 26.5. The van der Waals surface area contributed by atoms with Crippen molar-refractivity contribution in [3.8, 4) is 0 Å². The van der Waals surface area contributed by atoms with Gasteiger partial charge < -0.3 is 15.2 Å². The number of aromatic nitrogens is 1.